The summed E-state index contributed by atoms with van der Waals surface area (Å²) in [6.45, 7) is 0.243. The van der Waals surface area contributed by atoms with Crippen LogP contribution in [0.2, 0.25) is 0 Å². The molecule has 8 heteroatoms. The molecule has 2 rings (SSSR count). The molecule has 2 N–H and O–H groups in total. The zero-order valence-corrected chi connectivity index (χ0v) is 14.8. The summed E-state index contributed by atoms with van der Waals surface area (Å²) in [6.07, 6.45) is 1.37. The molecule has 0 aliphatic carbocycles. The largest absolute Gasteiger partial charge is 0.488 e. The lowest BCUT2D eigenvalue weighted by Crippen LogP contribution is -2.35. The van der Waals surface area contributed by atoms with Crippen molar-refractivity contribution >= 4 is 34.0 Å². The van der Waals surface area contributed by atoms with Gasteiger partial charge in [0, 0.05) is 17.1 Å². The standard InChI is InChI=1S/C17H15BrFN3O3/c1-20-16(23)17(24)22-21-9-12-8-13(18)4-7-15(12)25-10-11-2-5-14(19)6-3-11/h2-9H,10H2,1H3,(H,20,23)(H,22,24)/b21-9-. The first-order valence-corrected chi connectivity index (χ1v) is 8.01. The maximum atomic E-state index is 12.9. The van der Waals surface area contributed by atoms with E-state index in [1.165, 1.54) is 25.4 Å². The Bertz CT molecular complexity index is 794. The number of benzene rings is 2. The maximum absolute atomic E-state index is 12.9. The van der Waals surface area contributed by atoms with Gasteiger partial charge in [0.05, 0.1) is 6.21 Å². The van der Waals surface area contributed by atoms with Gasteiger partial charge in [-0.05, 0) is 35.9 Å². The van der Waals surface area contributed by atoms with Crippen LogP contribution in [0.1, 0.15) is 11.1 Å². The zero-order valence-electron chi connectivity index (χ0n) is 13.3. The summed E-state index contributed by atoms with van der Waals surface area (Å²) in [4.78, 5) is 22.4. The van der Waals surface area contributed by atoms with Crippen LogP contribution in [0.5, 0.6) is 5.75 Å². The molecule has 0 aromatic heterocycles. The molecule has 0 unspecified atom stereocenters. The number of nitrogens with one attached hydrogen (secondary N) is 2. The Balaban J connectivity index is 2.07. The first-order chi connectivity index (χ1) is 12.0. The lowest BCUT2D eigenvalue weighted by Gasteiger charge is -2.09. The lowest BCUT2D eigenvalue weighted by atomic mass is 10.2. The Morgan fingerprint density at radius 3 is 2.60 bits per heavy atom. The normalized spacial score (nSPS) is 10.5. The van der Waals surface area contributed by atoms with Gasteiger partial charge < -0.3 is 10.1 Å². The van der Waals surface area contributed by atoms with Crippen LogP contribution in [-0.2, 0) is 16.2 Å². The number of hydrogen-bond acceptors (Lipinski definition) is 4. The van der Waals surface area contributed by atoms with Crippen molar-refractivity contribution in [3.8, 4) is 5.75 Å². The number of rotatable bonds is 5. The summed E-state index contributed by atoms with van der Waals surface area (Å²) >= 11 is 3.35. The van der Waals surface area contributed by atoms with Crippen molar-refractivity contribution in [2.75, 3.05) is 7.05 Å². The van der Waals surface area contributed by atoms with Gasteiger partial charge in [0.25, 0.3) is 0 Å². The van der Waals surface area contributed by atoms with E-state index in [-0.39, 0.29) is 12.4 Å². The third kappa shape index (κ3) is 5.68. The zero-order chi connectivity index (χ0) is 18.2. The fraction of sp³-hybridized carbons (Fsp3) is 0.118. The van der Waals surface area contributed by atoms with Gasteiger partial charge in [0.1, 0.15) is 18.2 Å². The van der Waals surface area contributed by atoms with Crippen LogP contribution in [0.15, 0.2) is 52.0 Å². The minimum absolute atomic E-state index is 0.243. The lowest BCUT2D eigenvalue weighted by molar-refractivity contribution is -0.138. The molecule has 2 amide bonds. The molecule has 0 saturated heterocycles. The third-order valence-corrected chi connectivity index (χ3v) is 3.58. The molecule has 0 heterocycles. The number of carbonyl (C=O) groups excluding carboxylic acids is 2. The van der Waals surface area contributed by atoms with Crippen molar-refractivity contribution in [2.24, 2.45) is 5.10 Å². The van der Waals surface area contributed by atoms with Crippen molar-refractivity contribution in [3.05, 3.63) is 63.9 Å². The molecule has 0 bridgehead atoms. The average Bonchev–Trinajstić information content (AvgIpc) is 2.61. The molecule has 0 fully saturated rings. The highest BCUT2D eigenvalue weighted by Crippen LogP contribution is 2.22. The smallest absolute Gasteiger partial charge is 0.329 e. The van der Waals surface area contributed by atoms with E-state index in [4.69, 9.17) is 4.74 Å². The monoisotopic (exact) mass is 407 g/mol. The average molecular weight is 408 g/mol. The molecule has 130 valence electrons. The quantitative estimate of drug-likeness (QED) is 0.453. The van der Waals surface area contributed by atoms with Gasteiger partial charge >= 0.3 is 11.8 Å². The molecule has 0 radical (unpaired) electrons. The van der Waals surface area contributed by atoms with E-state index in [0.29, 0.717) is 11.3 Å². The van der Waals surface area contributed by atoms with Crippen LogP contribution in [0.4, 0.5) is 4.39 Å². The predicted molar refractivity (Wildman–Crippen MR) is 94.7 cm³/mol. The molecule has 2 aromatic carbocycles. The van der Waals surface area contributed by atoms with E-state index in [1.807, 2.05) is 0 Å². The molecular formula is C17H15BrFN3O3. The number of carbonyl (C=O) groups is 2. The summed E-state index contributed by atoms with van der Waals surface area (Å²) in [5.74, 6) is -1.46. The number of hydrogen-bond donors (Lipinski definition) is 2. The number of nitrogens with zero attached hydrogens (tertiary/aromatic N) is 1. The van der Waals surface area contributed by atoms with Crippen molar-refractivity contribution in [3.63, 3.8) is 0 Å². The Morgan fingerprint density at radius 2 is 1.92 bits per heavy atom. The molecule has 2 aromatic rings. The molecule has 25 heavy (non-hydrogen) atoms. The first kappa shape index (κ1) is 18.6. The van der Waals surface area contributed by atoms with Crippen molar-refractivity contribution < 1.29 is 18.7 Å². The number of halogens is 2. The minimum atomic E-state index is -0.873. The number of hydrazone groups is 1. The van der Waals surface area contributed by atoms with Gasteiger partial charge in [0.15, 0.2) is 0 Å². The van der Waals surface area contributed by atoms with Crippen molar-refractivity contribution in [2.45, 2.75) is 6.61 Å². The first-order valence-electron chi connectivity index (χ1n) is 7.21. The summed E-state index contributed by atoms with van der Waals surface area (Å²) in [6, 6.07) is 11.2. The summed E-state index contributed by atoms with van der Waals surface area (Å²) < 4.78 is 19.4. The van der Waals surface area contributed by atoms with Crippen molar-refractivity contribution in [1.29, 1.82) is 0 Å². The molecule has 0 saturated carbocycles. The number of amides is 2. The molecule has 0 aliphatic rings. The topological polar surface area (TPSA) is 79.8 Å². The minimum Gasteiger partial charge on any atom is -0.488 e. The fourth-order valence-corrected chi connectivity index (χ4v) is 2.20. The second-order valence-electron chi connectivity index (χ2n) is 4.88. The van der Waals surface area contributed by atoms with Gasteiger partial charge in [-0.3, -0.25) is 9.59 Å². The summed E-state index contributed by atoms with van der Waals surface area (Å²) in [5.41, 5.74) is 3.51. The molecular weight excluding hydrogens is 393 g/mol. The Hall–Kier alpha value is -2.74. The Morgan fingerprint density at radius 1 is 1.20 bits per heavy atom. The van der Waals surface area contributed by atoms with Crippen LogP contribution in [0, 0.1) is 5.82 Å². The second kappa shape index (κ2) is 8.93. The fourth-order valence-electron chi connectivity index (χ4n) is 1.82. The Labute approximate surface area is 152 Å². The van der Waals surface area contributed by atoms with Crippen LogP contribution in [0.3, 0.4) is 0 Å². The van der Waals surface area contributed by atoms with Crippen LogP contribution in [0.25, 0.3) is 0 Å². The molecule has 0 atom stereocenters. The van der Waals surface area contributed by atoms with Gasteiger partial charge in [-0.25, -0.2) is 9.82 Å². The summed E-state index contributed by atoms with van der Waals surface area (Å²) in [5, 5.41) is 5.94. The van der Waals surface area contributed by atoms with E-state index in [1.54, 1.807) is 30.3 Å². The highest BCUT2D eigenvalue weighted by Gasteiger charge is 2.09. The van der Waals surface area contributed by atoms with Gasteiger partial charge in [-0.2, -0.15) is 5.10 Å². The van der Waals surface area contributed by atoms with Gasteiger partial charge in [-0.15, -0.1) is 0 Å². The van der Waals surface area contributed by atoms with Crippen LogP contribution >= 0.6 is 15.9 Å². The second-order valence-corrected chi connectivity index (χ2v) is 5.79. The van der Waals surface area contributed by atoms with E-state index in [9.17, 15) is 14.0 Å². The van der Waals surface area contributed by atoms with E-state index < -0.39 is 11.8 Å². The van der Waals surface area contributed by atoms with Crippen LogP contribution in [-0.4, -0.2) is 25.1 Å². The molecule has 0 aliphatic heterocycles. The summed E-state index contributed by atoms with van der Waals surface area (Å²) in [7, 11) is 1.35. The van der Waals surface area contributed by atoms with E-state index in [0.717, 1.165) is 10.0 Å². The van der Waals surface area contributed by atoms with E-state index in [2.05, 4.69) is 31.8 Å². The number of ether oxygens (including phenoxy) is 1. The van der Waals surface area contributed by atoms with E-state index >= 15 is 0 Å². The molecule has 6 nitrogen and oxygen atoms in total. The van der Waals surface area contributed by atoms with Gasteiger partial charge in [-0.1, -0.05) is 28.1 Å². The molecule has 0 spiro atoms. The van der Waals surface area contributed by atoms with Crippen molar-refractivity contribution in [1.82, 2.24) is 10.7 Å². The third-order valence-electron chi connectivity index (χ3n) is 3.08. The highest BCUT2D eigenvalue weighted by molar-refractivity contribution is 9.10. The predicted octanol–water partition coefficient (Wildman–Crippen LogP) is 2.36. The van der Waals surface area contributed by atoms with Crippen LogP contribution < -0.4 is 15.5 Å². The highest BCUT2D eigenvalue weighted by atomic mass is 79.9. The van der Waals surface area contributed by atoms with Gasteiger partial charge in [0.2, 0.25) is 0 Å². The number of likely N-dealkylation sites (N-methyl/N-ethyl adjacent to an activating group) is 1. The Kier molecular flexibility index (Phi) is 6.64. The SMILES string of the molecule is CNC(=O)C(=O)N/N=C\c1cc(Br)ccc1OCc1ccc(F)cc1. The maximum Gasteiger partial charge on any atom is 0.329 e.